The van der Waals surface area contributed by atoms with Crippen molar-refractivity contribution in [2.24, 2.45) is 5.92 Å². The normalized spacial score (nSPS) is 21.9. The molecule has 1 fully saturated rings. The first-order valence-corrected chi connectivity index (χ1v) is 13.8. The van der Waals surface area contributed by atoms with Crippen molar-refractivity contribution in [1.82, 2.24) is 14.6 Å². The van der Waals surface area contributed by atoms with Gasteiger partial charge in [-0.05, 0) is 68.1 Å². The summed E-state index contributed by atoms with van der Waals surface area (Å²) in [4.78, 5) is 36.5. The van der Waals surface area contributed by atoms with Gasteiger partial charge in [-0.3, -0.25) is 18.6 Å². The Balaban J connectivity index is 1.61. The zero-order valence-electron chi connectivity index (χ0n) is 21.3. The summed E-state index contributed by atoms with van der Waals surface area (Å²) in [6, 6.07) is 9.38. The predicted molar refractivity (Wildman–Crippen MR) is 143 cm³/mol. The molecule has 1 aromatic heterocycles. The third-order valence-corrected chi connectivity index (χ3v) is 8.78. The molecule has 3 atom stereocenters. The maximum absolute atomic E-state index is 13.8. The van der Waals surface area contributed by atoms with E-state index in [-0.39, 0.29) is 11.8 Å². The number of nitrogens with zero attached hydrogens (tertiary/aromatic N) is 3. The lowest BCUT2D eigenvalue weighted by Gasteiger charge is -2.32. The molecule has 0 bridgehead atoms. The van der Waals surface area contributed by atoms with Crippen molar-refractivity contribution in [3.8, 4) is 0 Å². The van der Waals surface area contributed by atoms with E-state index in [1.54, 1.807) is 36.4 Å². The number of halogens is 1. The third-order valence-electron chi connectivity index (χ3n) is 7.28. The summed E-state index contributed by atoms with van der Waals surface area (Å²) < 4.78 is 15.8. The van der Waals surface area contributed by atoms with E-state index in [0.29, 0.717) is 15.7 Å². The van der Waals surface area contributed by atoms with Crippen molar-refractivity contribution < 1.29 is 18.6 Å². The van der Waals surface area contributed by atoms with Crippen LogP contribution in [0.1, 0.15) is 42.1 Å². The molecule has 192 valence electrons. The lowest BCUT2D eigenvalue weighted by atomic mass is 9.66. The van der Waals surface area contributed by atoms with Gasteiger partial charge in [0.05, 0.1) is 40.6 Å². The minimum atomic E-state index is -1.48. The molecule has 0 saturated carbocycles. The van der Waals surface area contributed by atoms with Crippen molar-refractivity contribution in [2.75, 3.05) is 7.11 Å². The van der Waals surface area contributed by atoms with E-state index in [4.69, 9.17) is 16.4 Å². The summed E-state index contributed by atoms with van der Waals surface area (Å²) in [6.07, 6.45) is 7.11. The second-order valence-corrected chi connectivity index (χ2v) is 11.5. The Labute approximate surface area is 223 Å². The summed E-state index contributed by atoms with van der Waals surface area (Å²) in [5, 5.41) is 1.90. The Bertz CT molecular complexity index is 1540. The molecule has 2 amide bonds. The smallest absolute Gasteiger partial charge is 0.269 e. The van der Waals surface area contributed by atoms with Crippen molar-refractivity contribution in [2.45, 2.75) is 50.1 Å². The van der Waals surface area contributed by atoms with Gasteiger partial charge in [0.2, 0.25) is 5.16 Å². The highest BCUT2D eigenvalue weighted by Crippen LogP contribution is 2.48. The van der Waals surface area contributed by atoms with Crippen LogP contribution in [0.2, 0.25) is 5.02 Å². The van der Waals surface area contributed by atoms with Gasteiger partial charge in [-0.25, -0.2) is 4.98 Å². The SMILES string of the molecule is CON1C(=O)C2C=CC=CC2(c2c(C)ccc(CS(=O)c3nc4cc(Cl)ccc4n3C(C)C)c2C)C1=O. The predicted octanol–water partition coefficient (Wildman–Crippen LogP) is 5.11. The molecule has 3 unspecified atom stereocenters. The average Bonchev–Trinajstić information content (AvgIpc) is 3.34. The van der Waals surface area contributed by atoms with Gasteiger partial charge in [0.15, 0.2) is 0 Å². The highest BCUT2D eigenvalue weighted by atomic mass is 35.5. The van der Waals surface area contributed by atoms with Crippen molar-refractivity contribution >= 4 is 45.2 Å². The molecular weight excluding hydrogens is 510 g/mol. The monoisotopic (exact) mass is 537 g/mol. The zero-order valence-corrected chi connectivity index (χ0v) is 22.9. The molecule has 5 rings (SSSR count). The van der Waals surface area contributed by atoms with Gasteiger partial charge in [-0.15, -0.1) is 0 Å². The van der Waals surface area contributed by atoms with Crippen LogP contribution in [0.4, 0.5) is 0 Å². The molecule has 37 heavy (non-hydrogen) atoms. The second kappa shape index (κ2) is 9.35. The number of fused-ring (bicyclic) bond motifs is 2. The molecule has 2 aliphatic rings. The first kappa shape index (κ1) is 25.6. The summed E-state index contributed by atoms with van der Waals surface area (Å²) in [5.74, 6) is -1.32. The van der Waals surface area contributed by atoms with E-state index in [2.05, 4.69) is 4.98 Å². The van der Waals surface area contributed by atoms with Gasteiger partial charge in [-0.2, -0.15) is 5.06 Å². The topological polar surface area (TPSA) is 81.5 Å². The fraction of sp³-hybridized carbons (Fsp3) is 0.321. The number of hydroxylamine groups is 2. The molecule has 0 spiro atoms. The maximum atomic E-state index is 13.8. The number of allylic oxidation sites excluding steroid dienone is 2. The van der Waals surface area contributed by atoms with E-state index >= 15 is 0 Å². The molecule has 3 aromatic rings. The van der Waals surface area contributed by atoms with E-state index in [1.165, 1.54) is 7.11 Å². The van der Waals surface area contributed by atoms with Gasteiger partial charge in [0, 0.05) is 11.1 Å². The lowest BCUT2D eigenvalue weighted by molar-refractivity contribution is -0.181. The van der Waals surface area contributed by atoms with Gasteiger partial charge in [0.25, 0.3) is 11.8 Å². The summed E-state index contributed by atoms with van der Waals surface area (Å²) in [6.45, 7) is 7.90. The minimum Gasteiger partial charge on any atom is -0.314 e. The number of aryl methyl sites for hydroxylation is 1. The Morgan fingerprint density at radius 3 is 2.62 bits per heavy atom. The first-order valence-electron chi connectivity index (χ1n) is 12.1. The quantitative estimate of drug-likeness (QED) is 0.408. The lowest BCUT2D eigenvalue weighted by Crippen LogP contribution is -2.40. The number of aromatic nitrogens is 2. The van der Waals surface area contributed by atoms with Crippen molar-refractivity contribution in [1.29, 1.82) is 0 Å². The van der Waals surface area contributed by atoms with E-state index < -0.39 is 33.9 Å². The average molecular weight is 538 g/mol. The molecule has 1 aliphatic carbocycles. The van der Waals surface area contributed by atoms with Crippen LogP contribution in [0.25, 0.3) is 11.0 Å². The molecule has 9 heteroatoms. The number of carbonyl (C=O) groups is 2. The Morgan fingerprint density at radius 1 is 1.16 bits per heavy atom. The molecule has 7 nitrogen and oxygen atoms in total. The van der Waals surface area contributed by atoms with Crippen LogP contribution in [-0.4, -0.2) is 37.7 Å². The number of hydrogen-bond donors (Lipinski definition) is 0. The molecule has 1 saturated heterocycles. The summed E-state index contributed by atoms with van der Waals surface area (Å²) >= 11 is 6.18. The largest absolute Gasteiger partial charge is 0.314 e. The van der Waals surface area contributed by atoms with Crippen LogP contribution < -0.4 is 0 Å². The van der Waals surface area contributed by atoms with E-state index in [9.17, 15) is 13.8 Å². The summed E-state index contributed by atoms with van der Waals surface area (Å²) in [5.41, 5.74) is 3.63. The van der Waals surface area contributed by atoms with Gasteiger partial charge in [-0.1, -0.05) is 48.0 Å². The van der Waals surface area contributed by atoms with Crippen LogP contribution in [0.5, 0.6) is 0 Å². The summed E-state index contributed by atoms with van der Waals surface area (Å²) in [7, 11) is -0.158. The van der Waals surface area contributed by atoms with Gasteiger partial charge in [0.1, 0.15) is 5.41 Å². The zero-order chi connectivity index (χ0) is 26.6. The fourth-order valence-corrected chi connectivity index (χ4v) is 7.25. The number of hydrogen-bond acceptors (Lipinski definition) is 5. The highest BCUT2D eigenvalue weighted by molar-refractivity contribution is 7.84. The van der Waals surface area contributed by atoms with Crippen molar-refractivity contribution in [3.63, 3.8) is 0 Å². The van der Waals surface area contributed by atoms with Gasteiger partial charge < -0.3 is 4.57 Å². The van der Waals surface area contributed by atoms with E-state index in [1.807, 2.05) is 50.5 Å². The van der Waals surface area contributed by atoms with Crippen LogP contribution in [0.3, 0.4) is 0 Å². The van der Waals surface area contributed by atoms with Crippen LogP contribution >= 0.6 is 11.6 Å². The number of imide groups is 1. The standard InChI is InChI=1S/C28H28ClN3O4S/c1-16(2)31-23-12-11-20(29)14-22(23)30-27(31)37(35)15-19-10-9-17(3)24(18(19)4)28-13-7-6-8-21(28)25(33)32(36-5)26(28)34/h6-14,16,21H,15H2,1-5H3. The fourth-order valence-electron chi connectivity index (χ4n) is 5.63. The van der Waals surface area contributed by atoms with Crippen molar-refractivity contribution in [3.05, 3.63) is 81.9 Å². The number of benzene rings is 2. The van der Waals surface area contributed by atoms with Gasteiger partial charge >= 0.3 is 0 Å². The highest BCUT2D eigenvalue weighted by Gasteiger charge is 2.60. The third kappa shape index (κ3) is 3.81. The molecule has 2 aromatic carbocycles. The molecule has 0 N–H and O–H groups in total. The Hall–Kier alpha value is -3.07. The number of imidazole rings is 1. The molecule has 1 aliphatic heterocycles. The Morgan fingerprint density at radius 2 is 1.92 bits per heavy atom. The number of rotatable bonds is 6. The maximum Gasteiger partial charge on any atom is 0.269 e. The van der Waals surface area contributed by atoms with Crippen LogP contribution in [0, 0.1) is 19.8 Å². The minimum absolute atomic E-state index is 0.0424. The molecule has 2 heterocycles. The first-order chi connectivity index (χ1) is 17.6. The number of amides is 2. The molecular formula is C28H28ClN3O4S. The van der Waals surface area contributed by atoms with Crippen LogP contribution in [0.15, 0.2) is 59.8 Å². The Kier molecular flexibility index (Phi) is 6.46. The molecule has 0 radical (unpaired) electrons. The van der Waals surface area contributed by atoms with Crippen LogP contribution in [-0.2, 0) is 36.4 Å². The van der Waals surface area contributed by atoms with E-state index in [0.717, 1.165) is 32.8 Å². The second-order valence-electron chi connectivity index (χ2n) is 9.73. The number of carbonyl (C=O) groups excluding carboxylic acids is 2.